The number of nitrogens with zero attached hydrogens (tertiary/aromatic N) is 1. The van der Waals surface area contributed by atoms with Gasteiger partial charge in [0.25, 0.3) is 0 Å². The molecule has 0 unspecified atom stereocenters. The maximum absolute atomic E-state index is 13.2. The third kappa shape index (κ3) is 4.46. The molecule has 7 heteroatoms. The molecule has 0 fully saturated rings. The number of benzene rings is 3. The Morgan fingerprint density at radius 3 is 2.38 bits per heavy atom. The maximum atomic E-state index is 13.2. The second-order valence-electron chi connectivity index (χ2n) is 8.63. The van der Waals surface area contributed by atoms with Gasteiger partial charge in [-0.15, -0.1) is 0 Å². The van der Waals surface area contributed by atoms with Crippen LogP contribution in [0.25, 0.3) is 22.4 Å². The van der Waals surface area contributed by atoms with Crippen LogP contribution in [-0.2, 0) is 18.2 Å². The Labute approximate surface area is 189 Å². The molecular weight excluding hydrogens is 437 g/mol. The molecule has 0 spiro atoms. The van der Waals surface area contributed by atoms with Gasteiger partial charge in [0.05, 0.1) is 16.6 Å². The number of para-hydroxylation sites is 2. The number of hydrogen-bond acceptors (Lipinski definition) is 2. The predicted octanol–water partition coefficient (Wildman–Crippen LogP) is 7.78. The van der Waals surface area contributed by atoms with Crippen LogP contribution in [0, 0.1) is 0 Å². The van der Waals surface area contributed by atoms with Gasteiger partial charge in [-0.2, -0.15) is 13.2 Å². The van der Waals surface area contributed by atoms with Crippen molar-refractivity contribution in [2.75, 3.05) is 0 Å². The van der Waals surface area contributed by atoms with Crippen LogP contribution in [0.1, 0.15) is 37.5 Å². The summed E-state index contributed by atoms with van der Waals surface area (Å²) in [5.41, 5.74) is 3.38. The molecule has 0 bridgehead atoms. The van der Waals surface area contributed by atoms with Gasteiger partial charge in [0.2, 0.25) is 0 Å². The topological polar surface area (TPSA) is 37.9 Å². The summed E-state index contributed by atoms with van der Waals surface area (Å²) in [6.07, 6.45) is -4.50. The van der Waals surface area contributed by atoms with E-state index in [0.717, 1.165) is 28.2 Å². The molecule has 1 aromatic heterocycles. The molecule has 1 N–H and O–H groups in total. The van der Waals surface area contributed by atoms with Crippen LogP contribution in [0.2, 0.25) is 5.02 Å². The summed E-state index contributed by atoms with van der Waals surface area (Å²) in [6.45, 7) is 6.29. The van der Waals surface area contributed by atoms with Gasteiger partial charge >= 0.3 is 6.18 Å². The minimum Gasteiger partial charge on any atom is -0.488 e. The smallest absolute Gasteiger partial charge is 0.419 e. The molecular formula is C25H22ClF3N2O. The number of alkyl halides is 3. The van der Waals surface area contributed by atoms with E-state index in [2.05, 4.69) is 31.8 Å². The molecule has 0 saturated carbocycles. The summed E-state index contributed by atoms with van der Waals surface area (Å²) in [5, 5.41) is 0.407. The molecule has 0 aliphatic heterocycles. The fourth-order valence-corrected chi connectivity index (χ4v) is 3.76. The summed E-state index contributed by atoms with van der Waals surface area (Å²) < 4.78 is 45.2. The van der Waals surface area contributed by atoms with Gasteiger partial charge in [-0.3, -0.25) is 0 Å². The third-order valence-corrected chi connectivity index (χ3v) is 5.58. The Morgan fingerprint density at radius 2 is 1.66 bits per heavy atom. The molecule has 0 aliphatic rings. The van der Waals surface area contributed by atoms with Crippen molar-refractivity contribution in [1.29, 1.82) is 0 Å². The van der Waals surface area contributed by atoms with Crippen molar-refractivity contribution in [1.82, 2.24) is 9.97 Å². The van der Waals surface area contributed by atoms with Gasteiger partial charge in [0.15, 0.2) is 0 Å². The van der Waals surface area contributed by atoms with Crippen molar-refractivity contribution in [2.45, 2.75) is 39.0 Å². The molecule has 0 radical (unpaired) electrons. The number of nitrogens with one attached hydrogen (secondary N) is 1. The summed E-state index contributed by atoms with van der Waals surface area (Å²) in [4.78, 5) is 8.13. The molecule has 4 aromatic rings. The van der Waals surface area contributed by atoms with Crippen molar-refractivity contribution in [3.8, 4) is 17.1 Å². The highest BCUT2D eigenvalue weighted by Gasteiger charge is 2.34. The van der Waals surface area contributed by atoms with Gasteiger partial charge in [-0.05, 0) is 47.4 Å². The molecule has 32 heavy (non-hydrogen) atoms. The maximum Gasteiger partial charge on any atom is 0.419 e. The number of aromatic nitrogens is 2. The second-order valence-corrected chi connectivity index (χ2v) is 9.03. The Bertz CT molecular complexity index is 1270. The van der Waals surface area contributed by atoms with Crippen molar-refractivity contribution in [3.63, 3.8) is 0 Å². The van der Waals surface area contributed by atoms with E-state index in [1.54, 1.807) is 12.1 Å². The first-order valence-corrected chi connectivity index (χ1v) is 10.5. The van der Waals surface area contributed by atoms with Gasteiger partial charge in [-0.1, -0.05) is 56.6 Å². The standard InChI is InChI=1S/C25H22ClF3N2O/c1-24(2,3)18-8-6-9-20-22(18)31-23(30-20)15-11-12-19(26)16(13-15)14-32-21-10-5-4-7-17(21)25(27,28)29/h4-13H,14H2,1-3H3,(H,30,31). The van der Waals surface area contributed by atoms with Crippen LogP contribution in [0.5, 0.6) is 5.75 Å². The van der Waals surface area contributed by atoms with Crippen molar-refractivity contribution >= 4 is 22.6 Å². The van der Waals surface area contributed by atoms with Crippen LogP contribution in [0.3, 0.4) is 0 Å². The van der Waals surface area contributed by atoms with Crippen LogP contribution >= 0.6 is 11.6 Å². The molecule has 3 nitrogen and oxygen atoms in total. The zero-order valence-electron chi connectivity index (χ0n) is 17.8. The first-order valence-electron chi connectivity index (χ1n) is 10.1. The van der Waals surface area contributed by atoms with Crippen LogP contribution < -0.4 is 4.74 Å². The lowest BCUT2D eigenvalue weighted by Gasteiger charge is -2.19. The summed E-state index contributed by atoms with van der Waals surface area (Å²) >= 11 is 6.31. The predicted molar refractivity (Wildman–Crippen MR) is 121 cm³/mol. The average Bonchev–Trinajstić information content (AvgIpc) is 3.16. The van der Waals surface area contributed by atoms with E-state index in [4.69, 9.17) is 21.3 Å². The fourth-order valence-electron chi connectivity index (χ4n) is 3.59. The Balaban J connectivity index is 1.66. The van der Waals surface area contributed by atoms with Gasteiger partial charge in [0.1, 0.15) is 18.2 Å². The highest BCUT2D eigenvalue weighted by Crippen LogP contribution is 2.37. The largest absolute Gasteiger partial charge is 0.488 e. The van der Waals surface area contributed by atoms with E-state index in [9.17, 15) is 13.2 Å². The van der Waals surface area contributed by atoms with Crippen LogP contribution in [0.15, 0.2) is 60.7 Å². The number of rotatable bonds is 4. The van der Waals surface area contributed by atoms with E-state index >= 15 is 0 Å². The molecule has 4 rings (SSSR count). The van der Waals surface area contributed by atoms with Crippen molar-refractivity contribution in [2.24, 2.45) is 0 Å². The number of aromatic amines is 1. The number of halogens is 4. The highest BCUT2D eigenvalue weighted by molar-refractivity contribution is 6.31. The van der Waals surface area contributed by atoms with Gasteiger partial charge in [-0.25, -0.2) is 4.98 Å². The molecule has 0 saturated heterocycles. The van der Waals surface area contributed by atoms with Crippen molar-refractivity contribution < 1.29 is 17.9 Å². The molecule has 3 aromatic carbocycles. The molecule has 0 atom stereocenters. The zero-order chi connectivity index (χ0) is 23.1. The molecule has 1 heterocycles. The lowest BCUT2D eigenvalue weighted by molar-refractivity contribution is -0.139. The third-order valence-electron chi connectivity index (χ3n) is 5.22. The summed E-state index contributed by atoms with van der Waals surface area (Å²) in [6, 6.07) is 16.5. The normalized spacial score (nSPS) is 12.3. The Hall–Kier alpha value is -2.99. The average molecular weight is 459 g/mol. The Morgan fingerprint density at radius 1 is 0.938 bits per heavy atom. The van der Waals surface area contributed by atoms with Gasteiger partial charge < -0.3 is 9.72 Å². The first-order chi connectivity index (χ1) is 15.0. The lowest BCUT2D eigenvalue weighted by Crippen LogP contribution is -2.11. The number of fused-ring (bicyclic) bond motifs is 1. The monoisotopic (exact) mass is 458 g/mol. The molecule has 0 aliphatic carbocycles. The quantitative estimate of drug-likeness (QED) is 0.339. The Kier molecular flexibility index (Phi) is 5.67. The SMILES string of the molecule is CC(C)(C)c1cccc2[nH]c(-c3ccc(Cl)c(COc4ccccc4C(F)(F)F)c3)nc12. The van der Waals surface area contributed by atoms with E-state index in [1.807, 2.05) is 18.2 Å². The number of imidazole rings is 1. The van der Waals surface area contributed by atoms with Crippen molar-refractivity contribution in [3.05, 3.63) is 82.4 Å². The lowest BCUT2D eigenvalue weighted by atomic mass is 9.86. The highest BCUT2D eigenvalue weighted by atomic mass is 35.5. The van der Waals surface area contributed by atoms with E-state index < -0.39 is 11.7 Å². The number of ether oxygens (including phenoxy) is 1. The molecule has 0 amide bonds. The van der Waals surface area contributed by atoms with E-state index in [-0.39, 0.29) is 17.8 Å². The summed E-state index contributed by atoms with van der Waals surface area (Å²) in [7, 11) is 0. The minimum atomic E-state index is -4.50. The summed E-state index contributed by atoms with van der Waals surface area (Å²) in [5.74, 6) is 0.422. The van der Waals surface area contributed by atoms with Gasteiger partial charge in [0, 0.05) is 16.1 Å². The van der Waals surface area contributed by atoms with Crippen LogP contribution in [0.4, 0.5) is 13.2 Å². The number of hydrogen-bond donors (Lipinski definition) is 1. The fraction of sp³-hybridized carbons (Fsp3) is 0.240. The number of H-pyrrole nitrogens is 1. The zero-order valence-corrected chi connectivity index (χ0v) is 18.6. The van der Waals surface area contributed by atoms with E-state index in [1.165, 1.54) is 18.2 Å². The van der Waals surface area contributed by atoms with Crippen LogP contribution in [-0.4, -0.2) is 9.97 Å². The van der Waals surface area contributed by atoms with E-state index in [0.29, 0.717) is 16.4 Å². The second kappa shape index (κ2) is 8.17. The first kappa shape index (κ1) is 22.2. The minimum absolute atomic E-state index is 0.0726. The molecule has 166 valence electrons.